The number of aromatic nitrogens is 5. The second-order valence-electron chi connectivity index (χ2n) is 9.92. The number of amides is 2. The van der Waals surface area contributed by atoms with E-state index in [4.69, 9.17) is 11.6 Å². The molecule has 1 aliphatic carbocycles. The molecule has 4 heterocycles. The van der Waals surface area contributed by atoms with Crippen LogP contribution in [0.3, 0.4) is 0 Å². The van der Waals surface area contributed by atoms with Gasteiger partial charge in [0.2, 0.25) is 11.8 Å². The van der Waals surface area contributed by atoms with Gasteiger partial charge in [-0.25, -0.2) is 18.3 Å². The van der Waals surface area contributed by atoms with Gasteiger partial charge in [-0.15, -0.1) is 0 Å². The third-order valence-electron chi connectivity index (χ3n) is 7.42. The lowest BCUT2D eigenvalue weighted by molar-refractivity contribution is -0.126. The number of fused-ring (bicyclic) bond motifs is 1. The van der Waals surface area contributed by atoms with E-state index in [-0.39, 0.29) is 49.3 Å². The minimum atomic E-state index is -2.69. The summed E-state index contributed by atoms with van der Waals surface area (Å²) in [7, 11) is 0. The first-order valence-corrected chi connectivity index (χ1v) is 13.1. The first-order chi connectivity index (χ1) is 17.7. The van der Waals surface area contributed by atoms with Crippen LogP contribution in [0.2, 0.25) is 5.02 Å². The number of carbonyl (C=O) groups is 2. The molecule has 3 aromatic heterocycles. The van der Waals surface area contributed by atoms with Crippen molar-refractivity contribution >= 4 is 29.1 Å². The van der Waals surface area contributed by atoms with E-state index in [0.717, 1.165) is 12.8 Å². The molecule has 9 nitrogen and oxygen atoms in total. The van der Waals surface area contributed by atoms with Gasteiger partial charge in [-0.3, -0.25) is 14.3 Å². The monoisotopic (exact) mass is 533 g/mol. The van der Waals surface area contributed by atoms with E-state index < -0.39 is 12.0 Å². The average Bonchev–Trinajstić information content (AvgIpc) is 3.51. The lowest BCUT2D eigenvalue weighted by Crippen LogP contribution is -2.38. The summed E-state index contributed by atoms with van der Waals surface area (Å²) < 4.78 is 31.0. The lowest BCUT2D eigenvalue weighted by Gasteiger charge is -2.33. The molecule has 2 amide bonds. The third-order valence-corrected chi connectivity index (χ3v) is 7.75. The van der Waals surface area contributed by atoms with E-state index in [1.54, 1.807) is 33.7 Å². The van der Waals surface area contributed by atoms with Crippen LogP contribution in [0.5, 0.6) is 0 Å². The standard InChI is InChI=1S/C25H30ClF2N7O2/c1-2-34-20(7-11-30-34)24(37)32-22(15-5-8-25(27,28)9-6-15)19-14-35-21(31-19)13-17(26)18(33-35)12-16-4-3-10-29-23(16)36/h7,11,13-16,22H,2-6,8-10,12H2,1H3,(H,29,36)(H,32,37). The maximum atomic E-state index is 13.9. The highest BCUT2D eigenvalue weighted by molar-refractivity contribution is 6.31. The molecule has 3 aromatic rings. The number of rotatable bonds is 7. The predicted octanol–water partition coefficient (Wildman–Crippen LogP) is 3.96. The first-order valence-electron chi connectivity index (χ1n) is 12.8. The molecule has 5 rings (SSSR count). The number of hydrogen-bond acceptors (Lipinski definition) is 5. The maximum Gasteiger partial charge on any atom is 0.270 e. The zero-order chi connectivity index (χ0) is 26.2. The van der Waals surface area contributed by atoms with Crippen molar-refractivity contribution in [3.63, 3.8) is 0 Å². The highest BCUT2D eigenvalue weighted by Gasteiger charge is 2.39. The Kier molecular flexibility index (Phi) is 7.15. The molecule has 1 saturated heterocycles. The number of aryl methyl sites for hydroxylation is 1. The minimum absolute atomic E-state index is 0.00118. The Balaban J connectivity index is 1.44. The van der Waals surface area contributed by atoms with Gasteiger partial charge in [0.15, 0.2) is 5.65 Å². The van der Waals surface area contributed by atoms with Crippen molar-refractivity contribution in [3.05, 3.63) is 46.6 Å². The summed E-state index contributed by atoms with van der Waals surface area (Å²) >= 11 is 6.51. The third kappa shape index (κ3) is 5.46. The van der Waals surface area contributed by atoms with Crippen molar-refractivity contribution in [2.75, 3.05) is 6.54 Å². The van der Waals surface area contributed by atoms with E-state index in [2.05, 4.69) is 25.8 Å². The van der Waals surface area contributed by atoms with Crippen molar-refractivity contribution in [2.24, 2.45) is 11.8 Å². The Morgan fingerprint density at radius 1 is 1.32 bits per heavy atom. The van der Waals surface area contributed by atoms with Crippen LogP contribution in [0.4, 0.5) is 8.78 Å². The van der Waals surface area contributed by atoms with Crippen LogP contribution >= 0.6 is 11.6 Å². The first kappa shape index (κ1) is 25.6. The van der Waals surface area contributed by atoms with Crippen LogP contribution in [0, 0.1) is 11.8 Å². The SMILES string of the molecule is CCn1nccc1C(=O)NC(c1cn2nc(CC3CCCNC3=O)c(Cl)cc2n1)C1CCC(F)(F)CC1. The fraction of sp³-hybridized carbons (Fsp3) is 0.560. The normalized spacial score (nSPS) is 21.1. The molecule has 2 fully saturated rings. The number of piperidine rings is 1. The van der Waals surface area contributed by atoms with Crippen molar-refractivity contribution < 1.29 is 18.4 Å². The molecule has 0 spiro atoms. The molecule has 1 aliphatic heterocycles. The molecule has 37 heavy (non-hydrogen) atoms. The second-order valence-corrected chi connectivity index (χ2v) is 10.3. The smallest absolute Gasteiger partial charge is 0.270 e. The van der Waals surface area contributed by atoms with E-state index in [9.17, 15) is 18.4 Å². The van der Waals surface area contributed by atoms with Gasteiger partial charge < -0.3 is 10.6 Å². The van der Waals surface area contributed by atoms with Gasteiger partial charge in [0.1, 0.15) is 5.69 Å². The average molecular weight is 534 g/mol. The summed E-state index contributed by atoms with van der Waals surface area (Å²) in [4.78, 5) is 30.1. The van der Waals surface area contributed by atoms with E-state index >= 15 is 0 Å². The summed E-state index contributed by atoms with van der Waals surface area (Å²) in [5.41, 5.74) is 2.00. The summed E-state index contributed by atoms with van der Waals surface area (Å²) in [6, 6.07) is 2.73. The van der Waals surface area contributed by atoms with E-state index in [1.807, 2.05) is 6.92 Å². The molecule has 2 atom stereocenters. The van der Waals surface area contributed by atoms with E-state index in [0.29, 0.717) is 47.3 Å². The number of hydrogen-bond donors (Lipinski definition) is 2. The molecule has 198 valence electrons. The molecule has 2 aliphatic rings. The molecule has 2 N–H and O–H groups in total. The summed E-state index contributed by atoms with van der Waals surface area (Å²) in [5, 5.41) is 15.1. The Morgan fingerprint density at radius 3 is 2.84 bits per heavy atom. The largest absolute Gasteiger partial charge is 0.356 e. The van der Waals surface area contributed by atoms with Gasteiger partial charge >= 0.3 is 0 Å². The number of nitrogens with zero attached hydrogens (tertiary/aromatic N) is 5. The van der Waals surface area contributed by atoms with Crippen LogP contribution in [0.25, 0.3) is 5.65 Å². The highest BCUT2D eigenvalue weighted by Crippen LogP contribution is 2.41. The van der Waals surface area contributed by atoms with Crippen molar-refractivity contribution in [2.45, 2.75) is 70.4 Å². The molecule has 0 bridgehead atoms. The zero-order valence-corrected chi connectivity index (χ0v) is 21.3. The summed E-state index contributed by atoms with van der Waals surface area (Å²) in [6.45, 7) is 3.09. The quantitative estimate of drug-likeness (QED) is 0.478. The Hall–Kier alpha value is -3.08. The summed E-state index contributed by atoms with van der Waals surface area (Å²) in [6.07, 6.45) is 5.40. The lowest BCUT2D eigenvalue weighted by atomic mass is 9.81. The van der Waals surface area contributed by atoms with Crippen molar-refractivity contribution in [3.8, 4) is 0 Å². The fourth-order valence-electron chi connectivity index (χ4n) is 5.33. The molecular weight excluding hydrogens is 504 g/mol. The molecule has 12 heteroatoms. The van der Waals surface area contributed by atoms with Gasteiger partial charge in [-0.05, 0) is 44.6 Å². The van der Waals surface area contributed by atoms with Gasteiger partial charge in [0, 0.05) is 50.5 Å². The van der Waals surface area contributed by atoms with Crippen LogP contribution in [0.15, 0.2) is 24.5 Å². The molecule has 0 aromatic carbocycles. The molecule has 0 radical (unpaired) electrons. The Morgan fingerprint density at radius 2 is 2.11 bits per heavy atom. The molecule has 1 saturated carbocycles. The molecular formula is C25H30ClF2N7O2. The second kappa shape index (κ2) is 10.4. The highest BCUT2D eigenvalue weighted by atomic mass is 35.5. The van der Waals surface area contributed by atoms with E-state index in [1.165, 1.54) is 0 Å². The Bertz CT molecular complexity index is 1300. The predicted molar refractivity (Wildman–Crippen MR) is 132 cm³/mol. The topological polar surface area (TPSA) is 106 Å². The van der Waals surface area contributed by atoms with Gasteiger partial charge in [-0.1, -0.05) is 11.6 Å². The number of alkyl halides is 2. The van der Waals surface area contributed by atoms with Crippen molar-refractivity contribution in [1.82, 2.24) is 35.0 Å². The number of imidazole rings is 1. The minimum Gasteiger partial charge on any atom is -0.356 e. The number of nitrogens with one attached hydrogen (secondary N) is 2. The van der Waals surface area contributed by atoms with Gasteiger partial charge in [0.25, 0.3) is 5.91 Å². The fourth-order valence-corrected chi connectivity index (χ4v) is 5.54. The van der Waals surface area contributed by atoms with Gasteiger partial charge in [0.05, 0.1) is 28.6 Å². The van der Waals surface area contributed by atoms with Gasteiger partial charge in [-0.2, -0.15) is 10.2 Å². The number of halogens is 3. The van der Waals surface area contributed by atoms with Crippen molar-refractivity contribution in [1.29, 1.82) is 0 Å². The van der Waals surface area contributed by atoms with Crippen LogP contribution in [-0.4, -0.2) is 48.7 Å². The zero-order valence-electron chi connectivity index (χ0n) is 20.6. The van der Waals surface area contributed by atoms with Crippen LogP contribution < -0.4 is 10.6 Å². The van der Waals surface area contributed by atoms with Crippen LogP contribution in [-0.2, 0) is 17.8 Å². The Labute approximate surface area is 218 Å². The number of carbonyl (C=O) groups excluding carboxylic acids is 2. The maximum absolute atomic E-state index is 13.9. The molecule has 2 unspecified atom stereocenters. The summed E-state index contributed by atoms with van der Waals surface area (Å²) in [5.74, 6) is -3.45. The van der Waals surface area contributed by atoms with Crippen LogP contribution in [0.1, 0.15) is 73.4 Å².